The number of ether oxygens (including phenoxy) is 1. The van der Waals surface area contributed by atoms with Gasteiger partial charge < -0.3 is 9.53 Å². The average Bonchev–Trinajstić information content (AvgIpc) is 2.28. The lowest BCUT2D eigenvalue weighted by Gasteiger charge is -2.22. The number of hydrogen-bond acceptors (Lipinski definition) is 2. The van der Waals surface area contributed by atoms with Gasteiger partial charge in [-0.15, -0.1) is 0 Å². The molecule has 0 unspecified atom stereocenters. The van der Waals surface area contributed by atoms with Crippen molar-refractivity contribution in [3.63, 3.8) is 0 Å². The highest BCUT2D eigenvalue weighted by molar-refractivity contribution is 5.67. The first-order valence-corrected chi connectivity index (χ1v) is 5.36. The number of carbonyl (C=O) groups is 1. The van der Waals surface area contributed by atoms with E-state index in [0.29, 0.717) is 0 Å². The molecule has 0 radical (unpaired) electrons. The molecule has 0 bridgehead atoms. The zero-order chi connectivity index (χ0) is 10.9. The van der Waals surface area contributed by atoms with Crippen molar-refractivity contribution in [3.05, 3.63) is 29.3 Å². The van der Waals surface area contributed by atoms with E-state index in [1.54, 1.807) is 0 Å². The molecule has 1 aromatic rings. The number of aryl methyl sites for hydroxylation is 1. The molecule has 0 amide bonds. The van der Waals surface area contributed by atoms with E-state index in [1.807, 2.05) is 26.0 Å². The summed E-state index contributed by atoms with van der Waals surface area (Å²) in [4.78, 5) is 11.0. The molecular formula is C13H16O2. The molecule has 0 N–H and O–H groups in total. The maximum Gasteiger partial charge on any atom is 0.129 e. The van der Waals surface area contributed by atoms with Crippen molar-refractivity contribution < 1.29 is 9.53 Å². The molecule has 1 heterocycles. The third-order valence-corrected chi connectivity index (χ3v) is 2.95. The zero-order valence-electron chi connectivity index (χ0n) is 9.25. The lowest BCUT2D eigenvalue weighted by atomic mass is 9.85. The molecule has 0 fully saturated rings. The second-order valence-electron chi connectivity index (χ2n) is 4.61. The normalized spacial score (nSPS) is 15.3. The summed E-state index contributed by atoms with van der Waals surface area (Å²) in [5, 5.41) is 0. The number of aldehydes is 1. The Bertz CT molecular complexity index is 380. The van der Waals surface area contributed by atoms with E-state index >= 15 is 0 Å². The van der Waals surface area contributed by atoms with Crippen LogP contribution < -0.4 is 4.74 Å². The summed E-state index contributed by atoms with van der Waals surface area (Å²) in [6, 6.07) is 6.11. The van der Waals surface area contributed by atoms with Gasteiger partial charge in [0.05, 0.1) is 6.61 Å². The van der Waals surface area contributed by atoms with Gasteiger partial charge in [0, 0.05) is 5.41 Å². The Morgan fingerprint density at radius 3 is 2.93 bits per heavy atom. The van der Waals surface area contributed by atoms with Gasteiger partial charge in [-0.05, 0) is 43.9 Å². The van der Waals surface area contributed by atoms with Crippen LogP contribution in [0.25, 0.3) is 0 Å². The number of fused-ring (bicyclic) bond motifs is 1. The van der Waals surface area contributed by atoms with Gasteiger partial charge in [0.2, 0.25) is 0 Å². The third-order valence-electron chi connectivity index (χ3n) is 2.95. The standard InChI is InChI=1S/C13H16O2/c1-13(2,9-14)11-6-5-10-4-3-7-15-12(10)8-11/h5-6,8-9H,3-4,7H2,1-2H3. The van der Waals surface area contributed by atoms with Gasteiger partial charge in [-0.25, -0.2) is 0 Å². The molecule has 1 aliphatic rings. The summed E-state index contributed by atoms with van der Waals surface area (Å²) < 4.78 is 5.59. The highest BCUT2D eigenvalue weighted by Gasteiger charge is 2.21. The molecule has 2 heteroatoms. The van der Waals surface area contributed by atoms with Gasteiger partial charge in [0.15, 0.2) is 0 Å². The second-order valence-corrected chi connectivity index (χ2v) is 4.61. The summed E-state index contributed by atoms with van der Waals surface area (Å²) in [5.74, 6) is 0.952. The summed E-state index contributed by atoms with van der Waals surface area (Å²) in [7, 11) is 0. The van der Waals surface area contributed by atoms with E-state index in [0.717, 1.165) is 37.0 Å². The zero-order valence-corrected chi connectivity index (χ0v) is 9.25. The first-order valence-electron chi connectivity index (χ1n) is 5.36. The summed E-state index contributed by atoms with van der Waals surface area (Å²) >= 11 is 0. The highest BCUT2D eigenvalue weighted by Crippen LogP contribution is 2.30. The topological polar surface area (TPSA) is 26.3 Å². The lowest BCUT2D eigenvalue weighted by Crippen LogP contribution is -2.19. The van der Waals surface area contributed by atoms with E-state index in [4.69, 9.17) is 4.74 Å². The minimum Gasteiger partial charge on any atom is -0.493 e. The van der Waals surface area contributed by atoms with Crippen LogP contribution in [0.1, 0.15) is 31.4 Å². The first kappa shape index (κ1) is 10.2. The van der Waals surface area contributed by atoms with Crippen LogP contribution in [-0.2, 0) is 16.6 Å². The van der Waals surface area contributed by atoms with Crippen LogP contribution >= 0.6 is 0 Å². The Morgan fingerprint density at radius 1 is 1.40 bits per heavy atom. The number of benzene rings is 1. The van der Waals surface area contributed by atoms with Crippen molar-refractivity contribution in [2.75, 3.05) is 6.61 Å². The van der Waals surface area contributed by atoms with Gasteiger partial charge >= 0.3 is 0 Å². The van der Waals surface area contributed by atoms with Crippen LogP contribution in [0.15, 0.2) is 18.2 Å². The quantitative estimate of drug-likeness (QED) is 0.692. The van der Waals surface area contributed by atoms with Crippen LogP contribution in [0.2, 0.25) is 0 Å². The van der Waals surface area contributed by atoms with Crippen LogP contribution in [0.3, 0.4) is 0 Å². The minimum atomic E-state index is -0.421. The maximum atomic E-state index is 11.0. The van der Waals surface area contributed by atoms with Crippen molar-refractivity contribution >= 4 is 6.29 Å². The van der Waals surface area contributed by atoms with E-state index in [-0.39, 0.29) is 0 Å². The molecule has 0 spiro atoms. The van der Waals surface area contributed by atoms with Gasteiger partial charge in [0.25, 0.3) is 0 Å². The fourth-order valence-corrected chi connectivity index (χ4v) is 1.81. The second kappa shape index (κ2) is 3.69. The molecule has 1 aromatic carbocycles. The SMILES string of the molecule is CC(C)(C=O)c1ccc2c(c1)OCCC2. The lowest BCUT2D eigenvalue weighted by molar-refractivity contribution is -0.111. The first-order chi connectivity index (χ1) is 7.13. The van der Waals surface area contributed by atoms with Gasteiger partial charge in [0.1, 0.15) is 12.0 Å². The summed E-state index contributed by atoms with van der Waals surface area (Å²) in [6.45, 7) is 4.63. The number of hydrogen-bond donors (Lipinski definition) is 0. The average molecular weight is 204 g/mol. The predicted molar refractivity (Wildman–Crippen MR) is 59.3 cm³/mol. The summed E-state index contributed by atoms with van der Waals surface area (Å²) in [6.07, 6.45) is 3.15. The minimum absolute atomic E-state index is 0.421. The Morgan fingerprint density at radius 2 is 2.20 bits per heavy atom. The Kier molecular flexibility index (Phi) is 2.51. The Balaban J connectivity index is 2.40. The molecule has 0 aliphatic carbocycles. The molecule has 15 heavy (non-hydrogen) atoms. The third kappa shape index (κ3) is 1.89. The molecular weight excluding hydrogens is 188 g/mol. The fraction of sp³-hybridized carbons (Fsp3) is 0.462. The van der Waals surface area contributed by atoms with E-state index < -0.39 is 5.41 Å². The van der Waals surface area contributed by atoms with E-state index in [1.165, 1.54) is 5.56 Å². The largest absolute Gasteiger partial charge is 0.493 e. The number of rotatable bonds is 2. The molecule has 0 atom stereocenters. The monoisotopic (exact) mass is 204 g/mol. The predicted octanol–water partition coefficient (Wildman–Crippen LogP) is 2.49. The molecule has 0 aromatic heterocycles. The van der Waals surface area contributed by atoms with Crippen molar-refractivity contribution in [2.24, 2.45) is 0 Å². The van der Waals surface area contributed by atoms with Crippen LogP contribution in [0.4, 0.5) is 0 Å². The molecule has 80 valence electrons. The van der Waals surface area contributed by atoms with Crippen molar-refractivity contribution in [1.29, 1.82) is 0 Å². The molecule has 0 saturated carbocycles. The van der Waals surface area contributed by atoms with Gasteiger partial charge in [-0.3, -0.25) is 0 Å². The maximum absolute atomic E-state index is 11.0. The van der Waals surface area contributed by atoms with Gasteiger partial charge in [-0.1, -0.05) is 12.1 Å². The Hall–Kier alpha value is -1.31. The van der Waals surface area contributed by atoms with Crippen molar-refractivity contribution in [2.45, 2.75) is 32.1 Å². The molecule has 2 nitrogen and oxygen atoms in total. The van der Waals surface area contributed by atoms with Crippen LogP contribution in [-0.4, -0.2) is 12.9 Å². The van der Waals surface area contributed by atoms with Crippen LogP contribution in [0.5, 0.6) is 5.75 Å². The fourth-order valence-electron chi connectivity index (χ4n) is 1.81. The van der Waals surface area contributed by atoms with Crippen molar-refractivity contribution in [3.8, 4) is 5.75 Å². The van der Waals surface area contributed by atoms with Crippen LogP contribution in [0, 0.1) is 0 Å². The smallest absolute Gasteiger partial charge is 0.129 e. The number of carbonyl (C=O) groups excluding carboxylic acids is 1. The van der Waals surface area contributed by atoms with E-state index in [9.17, 15) is 4.79 Å². The Labute approximate surface area is 90.3 Å². The highest BCUT2D eigenvalue weighted by atomic mass is 16.5. The molecule has 1 aliphatic heterocycles. The van der Waals surface area contributed by atoms with E-state index in [2.05, 4.69) is 6.07 Å². The molecule has 0 saturated heterocycles. The van der Waals surface area contributed by atoms with Gasteiger partial charge in [-0.2, -0.15) is 0 Å². The van der Waals surface area contributed by atoms with Crippen molar-refractivity contribution in [1.82, 2.24) is 0 Å². The molecule has 2 rings (SSSR count). The summed E-state index contributed by atoms with van der Waals surface area (Å²) in [5.41, 5.74) is 1.86.